The second kappa shape index (κ2) is 6.57. The van der Waals surface area contributed by atoms with Gasteiger partial charge in [0.1, 0.15) is 0 Å². The summed E-state index contributed by atoms with van der Waals surface area (Å²) in [6.45, 7) is 1.07. The quantitative estimate of drug-likeness (QED) is 0.358. The first kappa shape index (κ1) is 13.5. The molecule has 10 heavy (non-hydrogen) atoms. The van der Waals surface area contributed by atoms with E-state index in [1.165, 1.54) is 6.92 Å². The molecular weight excluding hydrogens is 167 g/mol. The van der Waals surface area contributed by atoms with E-state index < -0.39 is 10.1 Å². The van der Waals surface area contributed by atoms with E-state index in [2.05, 4.69) is 4.18 Å². The molecule has 0 atom stereocenters. The van der Waals surface area contributed by atoms with Crippen LogP contribution in [-0.4, -0.2) is 32.5 Å². The van der Waals surface area contributed by atoms with Crippen molar-refractivity contribution in [3.8, 4) is 0 Å². The van der Waals surface area contributed by atoms with Crippen LogP contribution in [0.3, 0.4) is 0 Å². The SMILES string of the molecule is CCS(=O)(=O)OCCO.[H-].[Na+]. The summed E-state index contributed by atoms with van der Waals surface area (Å²) in [5, 5.41) is 8.14. The van der Waals surface area contributed by atoms with E-state index in [-0.39, 0.29) is 50.0 Å². The monoisotopic (exact) mass is 178 g/mol. The van der Waals surface area contributed by atoms with Crippen LogP contribution in [0.1, 0.15) is 8.35 Å². The Kier molecular flexibility index (Phi) is 8.85. The summed E-state index contributed by atoms with van der Waals surface area (Å²) in [6, 6.07) is 0. The Hall–Kier alpha value is 0.870. The van der Waals surface area contributed by atoms with Gasteiger partial charge >= 0.3 is 29.6 Å². The Morgan fingerprint density at radius 3 is 2.40 bits per heavy atom. The molecule has 0 heterocycles. The van der Waals surface area contributed by atoms with Crippen molar-refractivity contribution >= 4 is 10.1 Å². The van der Waals surface area contributed by atoms with E-state index in [9.17, 15) is 8.42 Å². The van der Waals surface area contributed by atoms with Crippen LogP contribution in [0, 0.1) is 0 Å². The zero-order valence-electron chi connectivity index (χ0n) is 7.20. The van der Waals surface area contributed by atoms with Crippen LogP contribution in [0.25, 0.3) is 0 Å². The average Bonchev–Trinajstić information content (AvgIpc) is 1.84. The molecule has 0 aromatic carbocycles. The minimum absolute atomic E-state index is 0. The van der Waals surface area contributed by atoms with Crippen LogP contribution in [0.4, 0.5) is 0 Å². The molecule has 0 aliphatic carbocycles. The van der Waals surface area contributed by atoms with Crippen LogP contribution in [0.5, 0.6) is 0 Å². The first-order valence-electron chi connectivity index (χ1n) is 2.60. The molecule has 0 unspecified atom stereocenters. The summed E-state index contributed by atoms with van der Waals surface area (Å²) in [4.78, 5) is 0. The summed E-state index contributed by atoms with van der Waals surface area (Å²) in [7, 11) is -3.34. The van der Waals surface area contributed by atoms with Crippen molar-refractivity contribution in [3.63, 3.8) is 0 Å². The zero-order valence-corrected chi connectivity index (χ0v) is 9.02. The number of hydrogen-bond donors (Lipinski definition) is 1. The fourth-order valence-corrected chi connectivity index (χ4v) is 0.743. The van der Waals surface area contributed by atoms with Crippen LogP contribution in [0.2, 0.25) is 0 Å². The van der Waals surface area contributed by atoms with Crippen molar-refractivity contribution in [2.45, 2.75) is 6.92 Å². The molecule has 0 bridgehead atoms. The first-order valence-corrected chi connectivity index (χ1v) is 4.18. The largest absolute Gasteiger partial charge is 1.00 e. The molecule has 58 valence electrons. The number of hydrogen-bond acceptors (Lipinski definition) is 4. The van der Waals surface area contributed by atoms with Gasteiger partial charge in [-0.2, -0.15) is 8.42 Å². The fourth-order valence-electron chi connectivity index (χ4n) is 0.248. The molecule has 1 N–H and O–H groups in total. The molecule has 0 fully saturated rings. The molecule has 0 rings (SSSR count). The van der Waals surface area contributed by atoms with Gasteiger partial charge in [-0.25, -0.2) is 0 Å². The van der Waals surface area contributed by atoms with Crippen LogP contribution in [-0.2, 0) is 14.3 Å². The number of rotatable bonds is 4. The van der Waals surface area contributed by atoms with E-state index in [0.717, 1.165) is 0 Å². The molecule has 6 heteroatoms. The third-order valence-electron chi connectivity index (χ3n) is 0.708. The van der Waals surface area contributed by atoms with Crippen LogP contribution >= 0.6 is 0 Å². The van der Waals surface area contributed by atoms with Crippen molar-refractivity contribution in [2.75, 3.05) is 19.0 Å². The van der Waals surface area contributed by atoms with E-state index in [1.54, 1.807) is 0 Å². The van der Waals surface area contributed by atoms with Gasteiger partial charge in [-0.05, 0) is 6.92 Å². The normalized spacial score (nSPS) is 10.6. The maximum absolute atomic E-state index is 10.4. The van der Waals surface area contributed by atoms with E-state index >= 15 is 0 Å². The van der Waals surface area contributed by atoms with Gasteiger partial charge in [0.2, 0.25) is 0 Å². The molecule has 0 spiro atoms. The molecule has 0 radical (unpaired) electrons. The maximum atomic E-state index is 10.4. The van der Waals surface area contributed by atoms with Gasteiger partial charge in [0.25, 0.3) is 10.1 Å². The topological polar surface area (TPSA) is 63.6 Å². The van der Waals surface area contributed by atoms with Gasteiger partial charge in [0.05, 0.1) is 19.0 Å². The van der Waals surface area contributed by atoms with E-state index in [1.807, 2.05) is 0 Å². The third-order valence-corrected chi connectivity index (χ3v) is 1.94. The van der Waals surface area contributed by atoms with Crippen molar-refractivity contribution in [1.82, 2.24) is 0 Å². The summed E-state index contributed by atoms with van der Waals surface area (Å²) >= 11 is 0. The number of aliphatic hydroxyl groups excluding tert-OH is 1. The Bertz CT molecular complexity index is 157. The standard InChI is InChI=1S/C4H10O4S.Na.H/c1-2-9(6,7)8-4-3-5;;/h5H,2-4H2,1H3;;/q;+1;-1. The minimum atomic E-state index is -3.34. The van der Waals surface area contributed by atoms with Gasteiger partial charge < -0.3 is 6.53 Å². The second-order valence-electron chi connectivity index (χ2n) is 1.39. The van der Waals surface area contributed by atoms with Crippen molar-refractivity contribution in [2.24, 2.45) is 0 Å². The third kappa shape index (κ3) is 6.98. The maximum Gasteiger partial charge on any atom is 1.00 e. The molecule has 0 aliphatic rings. The molecule has 0 amide bonds. The minimum Gasteiger partial charge on any atom is -1.00 e. The predicted octanol–water partition coefficient (Wildman–Crippen LogP) is -3.54. The second-order valence-corrected chi connectivity index (χ2v) is 3.32. The van der Waals surface area contributed by atoms with Gasteiger partial charge in [0.15, 0.2) is 0 Å². The smallest absolute Gasteiger partial charge is 1.00 e. The van der Waals surface area contributed by atoms with Crippen molar-refractivity contribution in [3.05, 3.63) is 0 Å². The molecule has 0 aromatic heterocycles. The van der Waals surface area contributed by atoms with Crippen LogP contribution < -0.4 is 29.6 Å². The Morgan fingerprint density at radius 1 is 1.60 bits per heavy atom. The molecule has 0 aromatic rings. The van der Waals surface area contributed by atoms with Crippen molar-refractivity contribution < 1.29 is 48.7 Å². The Labute approximate surface area is 84.5 Å². The molecule has 0 aliphatic heterocycles. The molecular formula is C4H11NaO4S. The van der Waals surface area contributed by atoms with Gasteiger partial charge in [-0.3, -0.25) is 4.18 Å². The fraction of sp³-hybridized carbons (Fsp3) is 1.00. The Balaban J connectivity index is -0.000000320. The molecule has 0 saturated carbocycles. The van der Waals surface area contributed by atoms with Crippen molar-refractivity contribution in [1.29, 1.82) is 0 Å². The average molecular weight is 178 g/mol. The Morgan fingerprint density at radius 2 is 2.10 bits per heavy atom. The van der Waals surface area contributed by atoms with Gasteiger partial charge in [-0.1, -0.05) is 0 Å². The molecule has 4 nitrogen and oxygen atoms in total. The van der Waals surface area contributed by atoms with Gasteiger partial charge in [-0.15, -0.1) is 0 Å². The summed E-state index contributed by atoms with van der Waals surface area (Å²) < 4.78 is 25.1. The number of aliphatic hydroxyl groups is 1. The van der Waals surface area contributed by atoms with E-state index in [0.29, 0.717) is 0 Å². The first-order chi connectivity index (χ1) is 4.12. The summed E-state index contributed by atoms with van der Waals surface area (Å²) in [5.41, 5.74) is 0. The van der Waals surface area contributed by atoms with Gasteiger partial charge in [0, 0.05) is 0 Å². The summed E-state index contributed by atoms with van der Waals surface area (Å²) in [5.74, 6) is -0.0486. The predicted molar refractivity (Wildman–Crippen MR) is 33.6 cm³/mol. The zero-order chi connectivity index (χ0) is 7.33. The summed E-state index contributed by atoms with van der Waals surface area (Å²) in [6.07, 6.45) is 0. The molecule has 0 saturated heterocycles. The van der Waals surface area contributed by atoms with E-state index in [4.69, 9.17) is 5.11 Å². The van der Waals surface area contributed by atoms with Crippen LogP contribution in [0.15, 0.2) is 0 Å².